The fourth-order valence-corrected chi connectivity index (χ4v) is 2.69. The van der Waals surface area contributed by atoms with Crippen molar-refractivity contribution in [2.24, 2.45) is 0 Å². The second kappa shape index (κ2) is 4.70. The van der Waals surface area contributed by atoms with Gasteiger partial charge in [0.1, 0.15) is 0 Å². The van der Waals surface area contributed by atoms with Crippen LogP contribution in [0.3, 0.4) is 0 Å². The molecule has 15 heavy (non-hydrogen) atoms. The number of alkyl halides is 4. The standard InChI is InChI=1S/C9H4BrF3IN/c10-3-5-1-7(9(11,12)13)6(4-15)2-8(5)14/h1-2H,3H2. The maximum Gasteiger partial charge on any atom is 0.417 e. The Hall–Kier alpha value is -0.290. The summed E-state index contributed by atoms with van der Waals surface area (Å²) in [7, 11) is 0. The first-order chi connectivity index (χ1) is 6.90. The lowest BCUT2D eigenvalue weighted by Crippen LogP contribution is -2.09. The van der Waals surface area contributed by atoms with Crippen LogP contribution in [0, 0.1) is 14.9 Å². The van der Waals surface area contributed by atoms with Crippen LogP contribution in [0.5, 0.6) is 0 Å². The lowest BCUT2D eigenvalue weighted by atomic mass is 10.1. The van der Waals surface area contributed by atoms with Crippen molar-refractivity contribution >= 4 is 38.5 Å². The predicted octanol–water partition coefficient (Wildman–Crippen LogP) is 4.08. The molecule has 0 N–H and O–H groups in total. The molecule has 80 valence electrons. The van der Waals surface area contributed by atoms with E-state index >= 15 is 0 Å². The van der Waals surface area contributed by atoms with Crippen molar-refractivity contribution in [2.45, 2.75) is 11.5 Å². The van der Waals surface area contributed by atoms with Gasteiger partial charge in [-0.05, 0) is 40.3 Å². The summed E-state index contributed by atoms with van der Waals surface area (Å²) in [5, 5.41) is 8.94. The number of nitriles is 1. The van der Waals surface area contributed by atoms with Gasteiger partial charge in [0.25, 0.3) is 0 Å². The van der Waals surface area contributed by atoms with Crippen LogP contribution in [0.15, 0.2) is 12.1 Å². The lowest BCUT2D eigenvalue weighted by Gasteiger charge is -2.11. The van der Waals surface area contributed by atoms with E-state index in [4.69, 9.17) is 5.26 Å². The molecule has 0 saturated heterocycles. The van der Waals surface area contributed by atoms with Gasteiger partial charge in [-0.25, -0.2) is 0 Å². The van der Waals surface area contributed by atoms with Gasteiger partial charge in [0.2, 0.25) is 0 Å². The van der Waals surface area contributed by atoms with Crippen LogP contribution in [0.1, 0.15) is 16.7 Å². The minimum atomic E-state index is -4.48. The van der Waals surface area contributed by atoms with E-state index in [-0.39, 0.29) is 5.56 Å². The molecule has 0 amide bonds. The van der Waals surface area contributed by atoms with E-state index in [1.165, 1.54) is 6.07 Å². The van der Waals surface area contributed by atoms with Crippen LogP contribution in [0.2, 0.25) is 0 Å². The minimum Gasteiger partial charge on any atom is -0.192 e. The number of halogens is 5. The molecular weight excluding hydrogens is 386 g/mol. The van der Waals surface area contributed by atoms with E-state index in [2.05, 4.69) is 15.9 Å². The molecule has 0 fully saturated rings. The Morgan fingerprint density at radius 2 is 2.00 bits per heavy atom. The third-order valence-electron chi connectivity index (χ3n) is 1.76. The van der Waals surface area contributed by atoms with Crippen molar-refractivity contribution in [3.05, 3.63) is 32.4 Å². The molecule has 0 atom stereocenters. The third kappa shape index (κ3) is 2.84. The highest BCUT2D eigenvalue weighted by atomic mass is 127. The number of benzene rings is 1. The van der Waals surface area contributed by atoms with Gasteiger partial charge in [-0.15, -0.1) is 0 Å². The summed E-state index contributed by atoms with van der Waals surface area (Å²) in [6, 6.07) is 3.81. The van der Waals surface area contributed by atoms with E-state index in [0.29, 0.717) is 14.5 Å². The number of hydrogen-bond donors (Lipinski definition) is 0. The lowest BCUT2D eigenvalue weighted by molar-refractivity contribution is -0.137. The molecule has 0 aliphatic rings. The van der Waals surface area contributed by atoms with E-state index in [0.717, 1.165) is 6.07 Å². The fraction of sp³-hybridized carbons (Fsp3) is 0.222. The minimum absolute atomic E-state index is 0.333. The highest BCUT2D eigenvalue weighted by molar-refractivity contribution is 14.1. The van der Waals surface area contributed by atoms with Crippen LogP contribution in [-0.4, -0.2) is 0 Å². The van der Waals surface area contributed by atoms with Gasteiger partial charge in [-0.1, -0.05) is 15.9 Å². The summed E-state index contributed by atoms with van der Waals surface area (Å²) in [5.41, 5.74) is -0.682. The fourth-order valence-electron chi connectivity index (χ4n) is 1.05. The summed E-state index contributed by atoms with van der Waals surface area (Å²) in [6.07, 6.45) is -4.48. The third-order valence-corrected chi connectivity index (χ3v) is 3.36. The SMILES string of the molecule is N#Cc1cc(I)c(CBr)cc1C(F)(F)F. The molecule has 0 unspecified atom stereocenters. The van der Waals surface area contributed by atoms with Crippen LogP contribution in [-0.2, 0) is 11.5 Å². The van der Waals surface area contributed by atoms with E-state index in [9.17, 15) is 13.2 Å². The summed E-state index contributed by atoms with van der Waals surface area (Å²) < 4.78 is 38.2. The quantitative estimate of drug-likeness (QED) is 0.524. The monoisotopic (exact) mass is 389 g/mol. The molecule has 0 heterocycles. The van der Waals surface area contributed by atoms with Crippen molar-refractivity contribution in [3.8, 4) is 6.07 Å². The first-order valence-electron chi connectivity index (χ1n) is 3.76. The highest BCUT2D eigenvalue weighted by Crippen LogP contribution is 2.34. The van der Waals surface area contributed by atoms with E-state index < -0.39 is 11.7 Å². The van der Waals surface area contributed by atoms with Crippen molar-refractivity contribution < 1.29 is 13.2 Å². The second-order valence-electron chi connectivity index (χ2n) is 2.73. The highest BCUT2D eigenvalue weighted by Gasteiger charge is 2.34. The normalized spacial score (nSPS) is 11.2. The Kier molecular flexibility index (Phi) is 4.00. The van der Waals surface area contributed by atoms with Gasteiger partial charge in [0.05, 0.1) is 17.2 Å². The van der Waals surface area contributed by atoms with Crippen molar-refractivity contribution in [1.82, 2.24) is 0 Å². The molecule has 1 aromatic rings. The van der Waals surface area contributed by atoms with Crippen LogP contribution in [0.25, 0.3) is 0 Å². The van der Waals surface area contributed by atoms with Gasteiger partial charge in [-0.2, -0.15) is 18.4 Å². The maximum absolute atomic E-state index is 12.5. The molecule has 0 bridgehead atoms. The molecule has 0 aliphatic carbocycles. The number of nitrogens with zero attached hydrogens (tertiary/aromatic N) is 1. The molecule has 0 radical (unpaired) electrons. The zero-order chi connectivity index (χ0) is 11.6. The Morgan fingerprint density at radius 1 is 1.40 bits per heavy atom. The average Bonchev–Trinajstić information content (AvgIpc) is 2.15. The first-order valence-corrected chi connectivity index (χ1v) is 5.96. The number of hydrogen-bond acceptors (Lipinski definition) is 1. The van der Waals surface area contributed by atoms with Crippen molar-refractivity contribution in [3.63, 3.8) is 0 Å². The van der Waals surface area contributed by atoms with Crippen molar-refractivity contribution in [2.75, 3.05) is 0 Å². The molecule has 1 rings (SSSR count). The predicted molar refractivity (Wildman–Crippen MR) is 61.5 cm³/mol. The smallest absolute Gasteiger partial charge is 0.192 e. The van der Waals surface area contributed by atoms with Gasteiger partial charge in [0, 0.05) is 8.90 Å². The van der Waals surface area contributed by atoms with Crippen LogP contribution in [0.4, 0.5) is 13.2 Å². The Bertz CT molecular complexity index is 423. The summed E-state index contributed by atoms with van der Waals surface area (Å²) >= 11 is 5.01. The molecule has 1 aromatic carbocycles. The first kappa shape index (κ1) is 12.8. The van der Waals surface area contributed by atoms with E-state index in [1.54, 1.807) is 6.07 Å². The maximum atomic E-state index is 12.5. The largest absolute Gasteiger partial charge is 0.417 e. The van der Waals surface area contributed by atoms with Gasteiger partial charge >= 0.3 is 6.18 Å². The molecular formula is C9H4BrF3IN. The van der Waals surface area contributed by atoms with Gasteiger partial charge in [-0.3, -0.25) is 0 Å². The van der Waals surface area contributed by atoms with Crippen molar-refractivity contribution in [1.29, 1.82) is 5.26 Å². The summed E-state index contributed by atoms with van der Waals surface area (Å²) in [6.45, 7) is 0. The van der Waals surface area contributed by atoms with Gasteiger partial charge < -0.3 is 0 Å². The second-order valence-corrected chi connectivity index (χ2v) is 4.46. The van der Waals surface area contributed by atoms with Crippen LogP contribution >= 0.6 is 38.5 Å². The summed E-state index contributed by atoms with van der Waals surface area (Å²) in [4.78, 5) is 0. The summed E-state index contributed by atoms with van der Waals surface area (Å²) in [5.74, 6) is 0. The average molecular weight is 390 g/mol. The zero-order valence-electron chi connectivity index (χ0n) is 7.20. The van der Waals surface area contributed by atoms with Gasteiger partial charge in [0.15, 0.2) is 0 Å². The molecule has 0 saturated carbocycles. The number of rotatable bonds is 1. The van der Waals surface area contributed by atoms with Crippen LogP contribution < -0.4 is 0 Å². The Labute approximate surface area is 107 Å². The van der Waals surface area contributed by atoms with E-state index in [1.807, 2.05) is 22.6 Å². The topological polar surface area (TPSA) is 23.8 Å². The molecule has 0 aromatic heterocycles. The molecule has 6 heteroatoms. The molecule has 0 aliphatic heterocycles. The zero-order valence-corrected chi connectivity index (χ0v) is 10.9. The molecule has 0 spiro atoms. The molecule has 1 nitrogen and oxygen atoms in total. The Morgan fingerprint density at radius 3 is 2.40 bits per heavy atom. The Balaban J connectivity index is 3.44.